The summed E-state index contributed by atoms with van der Waals surface area (Å²) in [5.74, 6) is -2.63. The first-order valence-electron chi connectivity index (χ1n) is 7.64. The minimum Gasteiger partial charge on any atom is -0.508 e. The van der Waals surface area contributed by atoms with Gasteiger partial charge >= 0.3 is 0 Å². The predicted octanol–water partition coefficient (Wildman–Crippen LogP) is 4.80. The van der Waals surface area contributed by atoms with Crippen LogP contribution in [0.25, 0.3) is 0 Å². The van der Waals surface area contributed by atoms with E-state index in [1.807, 2.05) is 0 Å². The van der Waals surface area contributed by atoms with Crippen molar-refractivity contribution in [1.29, 1.82) is 0 Å². The van der Waals surface area contributed by atoms with Gasteiger partial charge in [0.25, 0.3) is 5.92 Å². The van der Waals surface area contributed by atoms with Crippen LogP contribution >= 0.6 is 0 Å². The van der Waals surface area contributed by atoms with Crippen LogP contribution in [0.2, 0.25) is 0 Å². The Hall–Kier alpha value is -2.95. The number of alkyl halides is 2. The monoisotopic (exact) mass is 344 g/mol. The van der Waals surface area contributed by atoms with Crippen molar-refractivity contribution in [3.05, 3.63) is 83.5 Å². The molecule has 2 aromatic carbocycles. The molecule has 0 spiro atoms. The minimum atomic E-state index is -2.82. The topological polar surface area (TPSA) is 57.5 Å². The zero-order valence-corrected chi connectivity index (χ0v) is 13.6. The fourth-order valence-corrected chi connectivity index (χ4v) is 2.16. The fourth-order valence-electron chi connectivity index (χ4n) is 2.16. The highest BCUT2D eigenvalue weighted by Crippen LogP contribution is 2.27. The third-order valence-electron chi connectivity index (χ3n) is 3.58. The summed E-state index contributed by atoms with van der Waals surface area (Å²) in [5, 5.41) is 17.8. The highest BCUT2D eigenvalue weighted by atomic mass is 19.3. The van der Waals surface area contributed by atoms with Crippen LogP contribution in [0.4, 0.5) is 8.78 Å². The van der Waals surface area contributed by atoms with Crippen LogP contribution in [0.15, 0.2) is 72.3 Å². The number of phenols is 2. The second kappa shape index (κ2) is 7.75. The van der Waals surface area contributed by atoms with Crippen molar-refractivity contribution >= 4 is 5.78 Å². The molecule has 1 aliphatic carbocycles. The SMILES string of the molecule is Cc1cc(O)ccc1O.O=C(C1=CCC(F)(F)C=C1)c1ccccc1. The molecular weight excluding hydrogens is 326 g/mol. The molecule has 0 saturated carbocycles. The highest BCUT2D eigenvalue weighted by molar-refractivity contribution is 6.10. The molecule has 0 fully saturated rings. The minimum absolute atomic E-state index is 0.185. The number of hydrogen-bond acceptors (Lipinski definition) is 3. The van der Waals surface area contributed by atoms with E-state index < -0.39 is 12.3 Å². The van der Waals surface area contributed by atoms with Crippen LogP contribution in [0, 0.1) is 6.92 Å². The van der Waals surface area contributed by atoms with E-state index in [0.29, 0.717) is 16.7 Å². The van der Waals surface area contributed by atoms with Crippen molar-refractivity contribution in [3.63, 3.8) is 0 Å². The normalized spacial score (nSPS) is 14.9. The molecule has 0 bridgehead atoms. The van der Waals surface area contributed by atoms with Crippen LogP contribution in [-0.4, -0.2) is 21.9 Å². The number of carbonyl (C=O) groups is 1. The highest BCUT2D eigenvalue weighted by Gasteiger charge is 2.27. The quantitative estimate of drug-likeness (QED) is 0.608. The van der Waals surface area contributed by atoms with Crippen LogP contribution in [0.3, 0.4) is 0 Å². The molecule has 130 valence electrons. The van der Waals surface area contributed by atoms with Gasteiger partial charge in [-0.1, -0.05) is 36.4 Å². The van der Waals surface area contributed by atoms with Crippen LogP contribution in [0.5, 0.6) is 11.5 Å². The summed E-state index contributed by atoms with van der Waals surface area (Å²) in [7, 11) is 0. The first-order valence-corrected chi connectivity index (χ1v) is 7.64. The van der Waals surface area contributed by atoms with E-state index in [0.717, 1.165) is 6.08 Å². The number of aryl methyl sites for hydroxylation is 1. The van der Waals surface area contributed by atoms with E-state index in [2.05, 4.69) is 0 Å². The van der Waals surface area contributed by atoms with Crippen LogP contribution < -0.4 is 0 Å². The lowest BCUT2D eigenvalue weighted by Crippen LogP contribution is -2.15. The van der Waals surface area contributed by atoms with E-state index in [1.54, 1.807) is 37.3 Å². The molecule has 3 nitrogen and oxygen atoms in total. The Morgan fingerprint density at radius 1 is 1.08 bits per heavy atom. The summed E-state index contributed by atoms with van der Waals surface area (Å²) in [5.41, 5.74) is 1.54. The van der Waals surface area contributed by atoms with Crippen molar-refractivity contribution in [2.24, 2.45) is 0 Å². The van der Waals surface area contributed by atoms with Crippen LogP contribution in [-0.2, 0) is 0 Å². The summed E-state index contributed by atoms with van der Waals surface area (Å²) >= 11 is 0. The van der Waals surface area contributed by atoms with E-state index in [-0.39, 0.29) is 17.3 Å². The third kappa shape index (κ3) is 5.28. The zero-order valence-electron chi connectivity index (χ0n) is 13.6. The van der Waals surface area contributed by atoms with Gasteiger partial charge in [-0.2, -0.15) is 0 Å². The lowest BCUT2D eigenvalue weighted by molar-refractivity contribution is 0.0570. The lowest BCUT2D eigenvalue weighted by Gasteiger charge is -2.14. The van der Waals surface area contributed by atoms with Gasteiger partial charge in [-0.25, -0.2) is 8.78 Å². The van der Waals surface area contributed by atoms with Gasteiger partial charge in [-0.3, -0.25) is 4.79 Å². The number of benzene rings is 2. The Morgan fingerprint density at radius 2 is 1.76 bits per heavy atom. The van der Waals surface area contributed by atoms with E-state index in [9.17, 15) is 13.6 Å². The maximum absolute atomic E-state index is 12.8. The van der Waals surface area contributed by atoms with Gasteiger partial charge in [-0.05, 0) is 42.8 Å². The Bertz CT molecular complexity index is 809. The maximum Gasteiger partial charge on any atom is 0.270 e. The number of hydrogen-bond donors (Lipinski definition) is 2. The average Bonchev–Trinajstić information content (AvgIpc) is 2.59. The van der Waals surface area contributed by atoms with E-state index >= 15 is 0 Å². The van der Waals surface area contributed by atoms with Gasteiger partial charge in [0.1, 0.15) is 11.5 Å². The first-order chi connectivity index (χ1) is 11.8. The Morgan fingerprint density at radius 3 is 2.28 bits per heavy atom. The van der Waals surface area contributed by atoms with Gasteiger partial charge in [0.15, 0.2) is 5.78 Å². The van der Waals surface area contributed by atoms with E-state index in [1.165, 1.54) is 30.4 Å². The number of ketones is 1. The summed E-state index contributed by atoms with van der Waals surface area (Å²) < 4.78 is 25.6. The van der Waals surface area contributed by atoms with Gasteiger partial charge in [0.2, 0.25) is 0 Å². The predicted molar refractivity (Wildman–Crippen MR) is 92.1 cm³/mol. The Balaban J connectivity index is 0.000000212. The summed E-state index contributed by atoms with van der Waals surface area (Å²) in [4.78, 5) is 11.8. The second-order valence-electron chi connectivity index (χ2n) is 5.62. The number of allylic oxidation sites excluding steroid dienone is 4. The number of phenolic OH excluding ortho intramolecular Hbond substituents is 2. The van der Waals surface area contributed by atoms with Crippen molar-refractivity contribution in [3.8, 4) is 11.5 Å². The van der Waals surface area contributed by atoms with Gasteiger partial charge in [-0.15, -0.1) is 0 Å². The van der Waals surface area contributed by atoms with Crippen molar-refractivity contribution in [1.82, 2.24) is 0 Å². The molecule has 0 heterocycles. The number of rotatable bonds is 2. The second-order valence-corrected chi connectivity index (χ2v) is 5.62. The van der Waals surface area contributed by atoms with E-state index in [4.69, 9.17) is 10.2 Å². The molecule has 5 heteroatoms. The molecule has 0 unspecified atom stereocenters. The van der Waals surface area contributed by atoms with Crippen molar-refractivity contribution < 1.29 is 23.8 Å². The smallest absolute Gasteiger partial charge is 0.270 e. The maximum atomic E-state index is 12.8. The Kier molecular flexibility index (Phi) is 5.70. The molecule has 25 heavy (non-hydrogen) atoms. The molecule has 1 aliphatic rings. The van der Waals surface area contributed by atoms with Gasteiger partial charge in [0.05, 0.1) is 0 Å². The summed E-state index contributed by atoms with van der Waals surface area (Å²) in [6.07, 6.45) is 2.86. The summed E-state index contributed by atoms with van der Waals surface area (Å²) in [6.45, 7) is 1.73. The molecule has 2 N–H and O–H groups in total. The van der Waals surface area contributed by atoms with Crippen molar-refractivity contribution in [2.45, 2.75) is 19.3 Å². The molecule has 0 aromatic heterocycles. The molecule has 0 atom stereocenters. The molecule has 0 aliphatic heterocycles. The molecule has 3 rings (SSSR count). The average molecular weight is 344 g/mol. The lowest BCUT2D eigenvalue weighted by atomic mass is 9.97. The van der Waals surface area contributed by atoms with Gasteiger partial charge < -0.3 is 10.2 Å². The summed E-state index contributed by atoms with van der Waals surface area (Å²) in [6, 6.07) is 13.1. The molecular formula is C20H18F2O3. The van der Waals surface area contributed by atoms with Crippen molar-refractivity contribution in [2.75, 3.05) is 0 Å². The fraction of sp³-hybridized carbons (Fsp3) is 0.150. The Labute approximate surface area is 144 Å². The first kappa shape index (κ1) is 18.4. The van der Waals surface area contributed by atoms with Crippen LogP contribution in [0.1, 0.15) is 22.3 Å². The standard InChI is InChI=1S/C13H10F2O.C7H8O2/c14-13(15)8-6-11(7-9-13)12(16)10-4-2-1-3-5-10;1-5-4-6(8)2-3-7(5)9/h1-8H,9H2;2-4,8-9H,1H3. The van der Waals surface area contributed by atoms with Gasteiger partial charge in [0, 0.05) is 17.6 Å². The number of halogens is 2. The molecule has 0 radical (unpaired) electrons. The molecule has 0 amide bonds. The zero-order chi connectivity index (χ0) is 18.4. The largest absolute Gasteiger partial charge is 0.508 e. The number of Topliss-reactive ketones (excluding diaryl/α,β-unsaturated/α-hetero) is 1. The number of carbonyl (C=O) groups excluding carboxylic acids is 1. The number of aromatic hydroxyl groups is 2. The molecule has 0 saturated heterocycles. The molecule has 2 aromatic rings. The third-order valence-corrected chi connectivity index (χ3v) is 3.58.